The molecule has 66 heavy (non-hydrogen) atoms. The van der Waals surface area contributed by atoms with Gasteiger partial charge in [0.25, 0.3) is 0 Å². The van der Waals surface area contributed by atoms with Crippen LogP contribution in [0.5, 0.6) is 0 Å². The van der Waals surface area contributed by atoms with E-state index < -0.39 is 20.0 Å². The standard InChI is InChI=1S/C56H109N2O7P/c1-7-10-13-16-19-22-25-27-28-29-30-31-34-37-40-43-46-49-56(60)65-54(47-44-41-38-35-33-26-23-20-17-14-11-8-2)53(52-64-66(61,62)63-51-50-58(4,5)6)57-55(59)48-45-42-39-36-32-24-21-18-15-12-9-3/h27-28,44,47,53-54H,7-26,29-43,45-46,48-52H2,1-6H3,(H-,57,59,61,62)/p+1/b28-27+,47-44+. The van der Waals surface area contributed by atoms with Gasteiger partial charge in [-0.05, 0) is 57.4 Å². The van der Waals surface area contributed by atoms with E-state index in [9.17, 15) is 19.0 Å². The molecule has 0 heterocycles. The number of amides is 1. The highest BCUT2D eigenvalue weighted by atomic mass is 31.2. The number of ether oxygens (including phenoxy) is 1. The first-order valence-corrected chi connectivity index (χ1v) is 29.7. The SMILES string of the molecule is CCCCCCCC/C=C/CCCCCCCCCC(=O)OC(/C=C/CCCCCCCCCCCC)C(COP(=O)(O)OCC[N+](C)(C)C)NC(=O)CCCCCCCCCCCCC. The van der Waals surface area contributed by atoms with Gasteiger partial charge in [-0.1, -0.05) is 225 Å². The molecule has 0 spiro atoms. The molecule has 0 radical (unpaired) electrons. The number of carbonyl (C=O) groups is 2. The van der Waals surface area contributed by atoms with E-state index in [-0.39, 0.29) is 25.1 Å². The molecule has 0 aromatic rings. The molecule has 3 atom stereocenters. The molecular formula is C56H110N2O7P+. The Kier molecular flexibility index (Phi) is 46.1. The van der Waals surface area contributed by atoms with E-state index >= 15 is 0 Å². The molecule has 0 aliphatic rings. The van der Waals surface area contributed by atoms with Gasteiger partial charge in [-0.2, -0.15) is 0 Å². The lowest BCUT2D eigenvalue weighted by Gasteiger charge is -2.27. The van der Waals surface area contributed by atoms with E-state index in [0.717, 1.165) is 57.8 Å². The molecule has 0 rings (SSSR count). The normalized spacial score (nSPS) is 14.0. The second-order valence-electron chi connectivity index (χ2n) is 20.5. The number of esters is 1. The lowest BCUT2D eigenvalue weighted by Crippen LogP contribution is -2.47. The summed E-state index contributed by atoms with van der Waals surface area (Å²) < 4.78 is 30.6. The lowest BCUT2D eigenvalue weighted by molar-refractivity contribution is -0.870. The molecular weight excluding hydrogens is 844 g/mol. The highest BCUT2D eigenvalue weighted by Crippen LogP contribution is 2.43. The number of hydrogen-bond donors (Lipinski definition) is 2. The number of carbonyl (C=O) groups excluding carboxylic acids is 2. The fourth-order valence-corrected chi connectivity index (χ4v) is 8.96. The summed E-state index contributed by atoms with van der Waals surface area (Å²) in [7, 11) is 1.50. The van der Waals surface area contributed by atoms with Gasteiger partial charge in [0.2, 0.25) is 5.91 Å². The van der Waals surface area contributed by atoms with Crippen LogP contribution >= 0.6 is 7.82 Å². The van der Waals surface area contributed by atoms with Crippen molar-refractivity contribution in [3.63, 3.8) is 0 Å². The van der Waals surface area contributed by atoms with Crippen molar-refractivity contribution in [2.75, 3.05) is 40.9 Å². The molecule has 0 aromatic heterocycles. The maximum Gasteiger partial charge on any atom is 0.472 e. The fourth-order valence-electron chi connectivity index (χ4n) is 8.23. The van der Waals surface area contributed by atoms with Crippen molar-refractivity contribution in [3.8, 4) is 0 Å². The van der Waals surface area contributed by atoms with Crippen LogP contribution in [0.4, 0.5) is 0 Å². The molecule has 9 nitrogen and oxygen atoms in total. The Labute approximate surface area is 409 Å². The fraction of sp³-hybridized carbons (Fsp3) is 0.893. The predicted molar refractivity (Wildman–Crippen MR) is 282 cm³/mol. The molecule has 0 bridgehead atoms. The maximum absolute atomic E-state index is 13.4. The summed E-state index contributed by atoms with van der Waals surface area (Å²) in [5.41, 5.74) is 0. The van der Waals surface area contributed by atoms with Crippen LogP contribution in [0.15, 0.2) is 24.3 Å². The van der Waals surface area contributed by atoms with Crippen LogP contribution in [-0.2, 0) is 27.9 Å². The van der Waals surface area contributed by atoms with Crippen molar-refractivity contribution in [2.24, 2.45) is 0 Å². The summed E-state index contributed by atoms with van der Waals surface area (Å²) >= 11 is 0. The van der Waals surface area contributed by atoms with Gasteiger partial charge >= 0.3 is 13.8 Å². The van der Waals surface area contributed by atoms with Gasteiger partial charge in [0, 0.05) is 12.8 Å². The highest BCUT2D eigenvalue weighted by Gasteiger charge is 2.30. The quantitative estimate of drug-likeness (QED) is 0.0205. The van der Waals surface area contributed by atoms with E-state index in [1.807, 2.05) is 33.3 Å². The van der Waals surface area contributed by atoms with Crippen molar-refractivity contribution in [3.05, 3.63) is 24.3 Å². The Morgan fingerprint density at radius 3 is 1.29 bits per heavy atom. The van der Waals surface area contributed by atoms with Crippen LogP contribution in [0.25, 0.3) is 0 Å². The zero-order valence-electron chi connectivity index (χ0n) is 44.5. The summed E-state index contributed by atoms with van der Waals surface area (Å²) in [5, 5.41) is 3.04. The van der Waals surface area contributed by atoms with Crippen LogP contribution < -0.4 is 5.32 Å². The Morgan fingerprint density at radius 2 is 0.879 bits per heavy atom. The zero-order chi connectivity index (χ0) is 48.7. The van der Waals surface area contributed by atoms with E-state index in [0.29, 0.717) is 23.9 Å². The summed E-state index contributed by atoms with van der Waals surface area (Å²) in [6, 6.07) is -0.842. The van der Waals surface area contributed by atoms with Gasteiger partial charge in [-0.25, -0.2) is 4.57 Å². The highest BCUT2D eigenvalue weighted by molar-refractivity contribution is 7.47. The maximum atomic E-state index is 13.4. The first-order valence-electron chi connectivity index (χ1n) is 28.2. The molecule has 2 N–H and O–H groups in total. The van der Waals surface area contributed by atoms with Crippen LogP contribution in [0.2, 0.25) is 0 Å². The number of nitrogens with one attached hydrogen (secondary N) is 1. The largest absolute Gasteiger partial charge is 0.472 e. The molecule has 0 aromatic carbocycles. The molecule has 0 saturated carbocycles. The van der Waals surface area contributed by atoms with Gasteiger partial charge in [0.05, 0.1) is 33.8 Å². The number of allylic oxidation sites excluding steroid dienone is 3. The monoisotopic (exact) mass is 954 g/mol. The molecule has 0 fully saturated rings. The molecule has 10 heteroatoms. The third-order valence-electron chi connectivity index (χ3n) is 12.6. The second kappa shape index (κ2) is 47.2. The smallest absolute Gasteiger partial charge is 0.456 e. The van der Waals surface area contributed by atoms with Crippen LogP contribution in [0.3, 0.4) is 0 Å². The summed E-state index contributed by atoms with van der Waals surface area (Å²) in [6.45, 7) is 7.01. The van der Waals surface area contributed by atoms with Gasteiger partial charge in [-0.15, -0.1) is 0 Å². The third-order valence-corrected chi connectivity index (χ3v) is 13.6. The minimum atomic E-state index is -4.43. The topological polar surface area (TPSA) is 111 Å². The van der Waals surface area contributed by atoms with Crippen molar-refractivity contribution in [2.45, 2.75) is 283 Å². The first kappa shape index (κ1) is 64.5. The van der Waals surface area contributed by atoms with E-state index in [2.05, 4.69) is 38.2 Å². The first-order chi connectivity index (χ1) is 31.9. The Hall–Kier alpha value is -1.51. The molecule has 0 saturated heterocycles. The second-order valence-corrected chi connectivity index (χ2v) is 21.9. The Morgan fingerprint density at radius 1 is 0.515 bits per heavy atom. The summed E-state index contributed by atoms with van der Waals surface area (Å²) in [5.74, 6) is -0.501. The van der Waals surface area contributed by atoms with Gasteiger partial charge in [0.1, 0.15) is 19.3 Å². The average Bonchev–Trinajstić information content (AvgIpc) is 3.27. The van der Waals surface area contributed by atoms with E-state index in [1.54, 1.807) is 0 Å². The van der Waals surface area contributed by atoms with Crippen molar-refractivity contribution >= 4 is 19.7 Å². The average molecular weight is 954 g/mol. The number of phosphoric acid groups is 1. The van der Waals surface area contributed by atoms with Gasteiger partial charge < -0.3 is 19.4 Å². The van der Waals surface area contributed by atoms with Crippen molar-refractivity contribution < 1.29 is 37.3 Å². The Balaban J connectivity index is 5.32. The number of phosphoric ester groups is 1. The van der Waals surface area contributed by atoms with Gasteiger partial charge in [0.15, 0.2) is 0 Å². The molecule has 390 valence electrons. The molecule has 1 amide bonds. The van der Waals surface area contributed by atoms with E-state index in [4.69, 9.17) is 13.8 Å². The molecule has 3 unspecified atom stereocenters. The minimum absolute atomic E-state index is 0.0427. The predicted octanol–water partition coefficient (Wildman–Crippen LogP) is 16.6. The Bertz CT molecular complexity index is 1190. The summed E-state index contributed by atoms with van der Waals surface area (Å²) in [6.07, 6.45) is 53.1. The summed E-state index contributed by atoms with van der Waals surface area (Å²) in [4.78, 5) is 37.5. The van der Waals surface area contributed by atoms with Gasteiger partial charge in [-0.3, -0.25) is 18.6 Å². The third kappa shape index (κ3) is 47.6. The number of quaternary nitrogens is 1. The number of unbranched alkanes of at least 4 members (excludes halogenated alkanes) is 33. The van der Waals surface area contributed by atoms with Crippen molar-refractivity contribution in [1.29, 1.82) is 0 Å². The van der Waals surface area contributed by atoms with Crippen LogP contribution in [-0.4, -0.2) is 74.3 Å². The molecule has 0 aliphatic carbocycles. The van der Waals surface area contributed by atoms with E-state index in [1.165, 1.54) is 180 Å². The van der Waals surface area contributed by atoms with Crippen LogP contribution in [0.1, 0.15) is 271 Å². The lowest BCUT2D eigenvalue weighted by atomic mass is 10.0. The van der Waals surface area contributed by atoms with Crippen LogP contribution in [0, 0.1) is 0 Å². The number of likely N-dealkylation sites (N-methyl/N-ethyl adjacent to an activating group) is 1. The number of nitrogens with zero attached hydrogens (tertiary/aromatic N) is 1. The van der Waals surface area contributed by atoms with Crippen molar-refractivity contribution in [1.82, 2.24) is 5.32 Å². The zero-order valence-corrected chi connectivity index (χ0v) is 45.3. The number of rotatable bonds is 51. The minimum Gasteiger partial charge on any atom is -0.456 e. The molecule has 0 aliphatic heterocycles. The number of hydrogen-bond acceptors (Lipinski definition) is 6.